The van der Waals surface area contributed by atoms with Crippen LogP contribution in [-0.2, 0) is 6.42 Å². The molecule has 0 spiro atoms. The Labute approximate surface area is 101 Å². The third-order valence-corrected chi connectivity index (χ3v) is 2.78. The molecule has 2 N–H and O–H groups in total. The molecule has 4 heteroatoms. The van der Waals surface area contributed by atoms with Crippen molar-refractivity contribution < 1.29 is 4.74 Å². The van der Waals surface area contributed by atoms with Gasteiger partial charge in [-0.2, -0.15) is 0 Å². The van der Waals surface area contributed by atoms with E-state index in [0.717, 1.165) is 29.4 Å². The van der Waals surface area contributed by atoms with E-state index in [1.54, 1.807) is 7.11 Å². The maximum Gasteiger partial charge on any atom is 0.200 e. The highest BCUT2D eigenvalue weighted by Crippen LogP contribution is 2.26. The Morgan fingerprint density at radius 1 is 1.41 bits per heavy atom. The number of rotatable bonds is 4. The SMILES string of the molecule is CCc1cc(-c2cnc(NC)[nH]2)ccc1OC. The average Bonchev–Trinajstić information content (AvgIpc) is 2.86. The van der Waals surface area contributed by atoms with Gasteiger partial charge in [-0.25, -0.2) is 4.98 Å². The monoisotopic (exact) mass is 231 g/mol. The van der Waals surface area contributed by atoms with E-state index >= 15 is 0 Å². The fourth-order valence-corrected chi connectivity index (χ4v) is 1.82. The van der Waals surface area contributed by atoms with E-state index in [1.165, 1.54) is 5.56 Å². The Kier molecular flexibility index (Phi) is 3.32. The number of imidazole rings is 1. The molecule has 0 saturated heterocycles. The van der Waals surface area contributed by atoms with Gasteiger partial charge in [0.05, 0.1) is 19.0 Å². The number of aromatic nitrogens is 2. The van der Waals surface area contributed by atoms with Crippen molar-refractivity contribution in [3.05, 3.63) is 30.0 Å². The maximum atomic E-state index is 5.32. The van der Waals surface area contributed by atoms with Gasteiger partial charge in [-0.3, -0.25) is 0 Å². The van der Waals surface area contributed by atoms with Gasteiger partial charge < -0.3 is 15.0 Å². The number of H-pyrrole nitrogens is 1. The number of aromatic amines is 1. The number of methoxy groups -OCH3 is 1. The van der Waals surface area contributed by atoms with Gasteiger partial charge in [-0.1, -0.05) is 6.92 Å². The number of benzene rings is 1. The summed E-state index contributed by atoms with van der Waals surface area (Å²) >= 11 is 0. The second-order valence-corrected chi connectivity index (χ2v) is 3.78. The Bertz CT molecular complexity index is 505. The zero-order valence-corrected chi connectivity index (χ0v) is 10.4. The zero-order valence-electron chi connectivity index (χ0n) is 10.4. The van der Waals surface area contributed by atoms with E-state index in [2.05, 4.69) is 28.3 Å². The normalized spacial score (nSPS) is 10.3. The number of anilines is 1. The van der Waals surface area contributed by atoms with Gasteiger partial charge in [0.15, 0.2) is 5.95 Å². The Hall–Kier alpha value is -1.97. The first-order valence-electron chi connectivity index (χ1n) is 5.68. The smallest absolute Gasteiger partial charge is 0.200 e. The van der Waals surface area contributed by atoms with Crippen molar-refractivity contribution >= 4 is 5.95 Å². The van der Waals surface area contributed by atoms with Gasteiger partial charge >= 0.3 is 0 Å². The first kappa shape index (κ1) is 11.5. The summed E-state index contributed by atoms with van der Waals surface area (Å²) in [6.07, 6.45) is 2.77. The van der Waals surface area contributed by atoms with Crippen molar-refractivity contribution in [3.63, 3.8) is 0 Å². The number of nitrogens with one attached hydrogen (secondary N) is 2. The average molecular weight is 231 g/mol. The second-order valence-electron chi connectivity index (χ2n) is 3.78. The highest BCUT2D eigenvalue weighted by molar-refractivity contribution is 5.63. The summed E-state index contributed by atoms with van der Waals surface area (Å²) < 4.78 is 5.32. The molecule has 0 bridgehead atoms. The topological polar surface area (TPSA) is 49.9 Å². The number of hydrogen-bond donors (Lipinski definition) is 2. The minimum absolute atomic E-state index is 0.772. The van der Waals surface area contributed by atoms with Crippen LogP contribution >= 0.6 is 0 Å². The fourth-order valence-electron chi connectivity index (χ4n) is 1.82. The van der Waals surface area contributed by atoms with Crippen molar-refractivity contribution in [2.45, 2.75) is 13.3 Å². The molecular formula is C13H17N3O. The van der Waals surface area contributed by atoms with Crippen molar-refractivity contribution in [1.29, 1.82) is 0 Å². The molecule has 1 aromatic carbocycles. The molecule has 4 nitrogen and oxygen atoms in total. The third kappa shape index (κ3) is 2.25. The number of nitrogens with zero attached hydrogens (tertiary/aromatic N) is 1. The van der Waals surface area contributed by atoms with Crippen LogP contribution in [0.15, 0.2) is 24.4 Å². The van der Waals surface area contributed by atoms with E-state index in [9.17, 15) is 0 Å². The molecule has 0 aliphatic heterocycles. The van der Waals surface area contributed by atoms with Gasteiger partial charge in [0.25, 0.3) is 0 Å². The molecule has 17 heavy (non-hydrogen) atoms. The Morgan fingerprint density at radius 3 is 2.82 bits per heavy atom. The predicted molar refractivity (Wildman–Crippen MR) is 69.5 cm³/mol. The van der Waals surface area contributed by atoms with Crippen LogP contribution in [0.2, 0.25) is 0 Å². The summed E-state index contributed by atoms with van der Waals surface area (Å²) in [5, 5.41) is 2.98. The lowest BCUT2D eigenvalue weighted by molar-refractivity contribution is 0.410. The van der Waals surface area contributed by atoms with Gasteiger partial charge in [0, 0.05) is 12.6 Å². The molecule has 0 fully saturated rings. The van der Waals surface area contributed by atoms with Gasteiger partial charge in [0.2, 0.25) is 0 Å². The molecule has 2 rings (SSSR count). The van der Waals surface area contributed by atoms with Crippen molar-refractivity contribution in [2.75, 3.05) is 19.5 Å². The van der Waals surface area contributed by atoms with Crippen LogP contribution in [0.4, 0.5) is 5.95 Å². The lowest BCUT2D eigenvalue weighted by atomic mass is 10.1. The molecule has 0 unspecified atom stereocenters. The van der Waals surface area contributed by atoms with Crippen LogP contribution in [0.1, 0.15) is 12.5 Å². The number of hydrogen-bond acceptors (Lipinski definition) is 3. The van der Waals surface area contributed by atoms with Gasteiger partial charge in [-0.05, 0) is 30.2 Å². The summed E-state index contributed by atoms with van der Waals surface area (Å²) in [7, 11) is 3.54. The van der Waals surface area contributed by atoms with E-state index in [0.29, 0.717) is 0 Å². The van der Waals surface area contributed by atoms with Crippen LogP contribution in [0.5, 0.6) is 5.75 Å². The van der Waals surface area contributed by atoms with Crippen LogP contribution in [0, 0.1) is 0 Å². The summed E-state index contributed by atoms with van der Waals surface area (Å²) in [4.78, 5) is 7.42. The quantitative estimate of drug-likeness (QED) is 0.850. The van der Waals surface area contributed by atoms with Crippen molar-refractivity contribution in [1.82, 2.24) is 9.97 Å². The maximum absolute atomic E-state index is 5.32. The molecule has 1 aromatic heterocycles. The summed E-state index contributed by atoms with van der Waals surface area (Å²) in [6, 6.07) is 6.16. The van der Waals surface area contributed by atoms with Crippen LogP contribution in [0.25, 0.3) is 11.3 Å². The van der Waals surface area contributed by atoms with E-state index in [1.807, 2.05) is 25.4 Å². The minimum Gasteiger partial charge on any atom is -0.496 e. The molecular weight excluding hydrogens is 214 g/mol. The number of ether oxygens (including phenoxy) is 1. The van der Waals surface area contributed by atoms with Crippen LogP contribution in [-0.4, -0.2) is 24.1 Å². The summed E-state index contributed by atoms with van der Waals surface area (Å²) in [5.41, 5.74) is 3.33. The van der Waals surface area contributed by atoms with Crippen LogP contribution in [0.3, 0.4) is 0 Å². The first-order chi connectivity index (χ1) is 8.28. The Balaban J connectivity index is 2.38. The molecule has 90 valence electrons. The highest BCUT2D eigenvalue weighted by Gasteiger charge is 2.06. The largest absolute Gasteiger partial charge is 0.496 e. The summed E-state index contributed by atoms with van der Waals surface area (Å²) in [6.45, 7) is 2.12. The molecule has 0 radical (unpaired) electrons. The van der Waals surface area contributed by atoms with Crippen LogP contribution < -0.4 is 10.1 Å². The fraction of sp³-hybridized carbons (Fsp3) is 0.308. The molecule has 2 aromatic rings. The minimum atomic E-state index is 0.772. The number of aryl methyl sites for hydroxylation is 1. The van der Waals surface area contributed by atoms with E-state index in [4.69, 9.17) is 4.74 Å². The van der Waals surface area contributed by atoms with E-state index in [-0.39, 0.29) is 0 Å². The first-order valence-corrected chi connectivity index (χ1v) is 5.68. The molecule has 0 saturated carbocycles. The van der Waals surface area contributed by atoms with Crippen molar-refractivity contribution in [3.8, 4) is 17.0 Å². The van der Waals surface area contributed by atoms with Crippen molar-refractivity contribution in [2.24, 2.45) is 0 Å². The highest BCUT2D eigenvalue weighted by atomic mass is 16.5. The summed E-state index contributed by atoms with van der Waals surface area (Å²) in [5.74, 6) is 1.71. The third-order valence-electron chi connectivity index (χ3n) is 2.78. The van der Waals surface area contributed by atoms with Gasteiger partial charge in [0.1, 0.15) is 5.75 Å². The molecule has 0 aliphatic carbocycles. The lowest BCUT2D eigenvalue weighted by Crippen LogP contribution is -1.92. The van der Waals surface area contributed by atoms with E-state index < -0.39 is 0 Å². The molecule has 0 atom stereocenters. The Morgan fingerprint density at radius 2 is 2.24 bits per heavy atom. The van der Waals surface area contributed by atoms with Gasteiger partial charge in [-0.15, -0.1) is 0 Å². The second kappa shape index (κ2) is 4.91. The lowest BCUT2D eigenvalue weighted by Gasteiger charge is -2.08. The zero-order chi connectivity index (χ0) is 12.3. The molecule has 1 heterocycles. The predicted octanol–water partition coefficient (Wildman–Crippen LogP) is 2.69. The molecule has 0 aliphatic rings. The standard InChI is InChI=1S/C13H17N3O/c1-4-9-7-10(5-6-12(9)17-3)11-8-15-13(14-2)16-11/h5-8H,4H2,1-3H3,(H2,14,15,16). The molecule has 0 amide bonds.